The molecule has 2 heteroatoms. The zero-order valence-electron chi connectivity index (χ0n) is 10.4. The molecule has 1 aliphatic carbocycles. The predicted octanol–water partition coefficient (Wildman–Crippen LogP) is 4.54. The highest BCUT2D eigenvalue weighted by atomic mass is 35.5. The second kappa shape index (κ2) is 5.70. The highest BCUT2D eigenvalue weighted by Gasteiger charge is 2.14. The van der Waals surface area contributed by atoms with Gasteiger partial charge in [-0.1, -0.05) is 35.7 Å². The van der Waals surface area contributed by atoms with Crippen molar-refractivity contribution in [3.05, 3.63) is 46.0 Å². The number of rotatable bonds is 2. The van der Waals surface area contributed by atoms with Crippen LogP contribution < -0.4 is 5.73 Å². The Morgan fingerprint density at radius 1 is 1.18 bits per heavy atom. The fourth-order valence-corrected chi connectivity index (χ4v) is 2.78. The van der Waals surface area contributed by atoms with Gasteiger partial charge in [0.05, 0.1) is 6.04 Å². The van der Waals surface area contributed by atoms with Gasteiger partial charge in [-0.15, -0.1) is 0 Å². The molecule has 1 aromatic rings. The smallest absolute Gasteiger partial charge is 0.0511 e. The van der Waals surface area contributed by atoms with Crippen LogP contribution in [0, 0.1) is 6.92 Å². The molecular weight excluding hydrogens is 230 g/mol. The molecule has 17 heavy (non-hydrogen) atoms. The van der Waals surface area contributed by atoms with Crippen molar-refractivity contribution in [2.24, 2.45) is 5.73 Å². The quantitative estimate of drug-likeness (QED) is 0.766. The summed E-state index contributed by atoms with van der Waals surface area (Å²) in [7, 11) is 0. The van der Waals surface area contributed by atoms with Gasteiger partial charge < -0.3 is 5.73 Å². The minimum absolute atomic E-state index is 0.0190. The first-order chi connectivity index (χ1) is 8.16. The van der Waals surface area contributed by atoms with Crippen LogP contribution in [0.5, 0.6) is 0 Å². The van der Waals surface area contributed by atoms with E-state index in [1.165, 1.54) is 36.8 Å². The molecule has 1 atom stereocenters. The standard InChI is InChI=1S/C15H20ClN/c1-11-8-13(10-14(16)9-11)15(17)12-6-4-2-3-5-7-12/h6,8-10,15H,2-5,7,17H2,1H3. The van der Waals surface area contributed by atoms with Gasteiger partial charge >= 0.3 is 0 Å². The third-order valence-corrected chi connectivity index (χ3v) is 3.62. The summed E-state index contributed by atoms with van der Waals surface area (Å²) < 4.78 is 0. The van der Waals surface area contributed by atoms with Crippen molar-refractivity contribution in [2.75, 3.05) is 0 Å². The van der Waals surface area contributed by atoms with Crippen molar-refractivity contribution < 1.29 is 0 Å². The van der Waals surface area contributed by atoms with E-state index in [2.05, 4.69) is 19.1 Å². The van der Waals surface area contributed by atoms with Crippen LogP contribution in [0.4, 0.5) is 0 Å². The summed E-state index contributed by atoms with van der Waals surface area (Å²) in [6.07, 6.45) is 8.51. The summed E-state index contributed by atoms with van der Waals surface area (Å²) in [6.45, 7) is 2.06. The highest BCUT2D eigenvalue weighted by molar-refractivity contribution is 6.30. The first-order valence-electron chi connectivity index (χ1n) is 6.38. The fraction of sp³-hybridized carbons (Fsp3) is 0.467. The predicted molar refractivity (Wildman–Crippen MR) is 74.3 cm³/mol. The normalized spacial score (nSPS) is 18.4. The van der Waals surface area contributed by atoms with Crippen molar-refractivity contribution in [1.29, 1.82) is 0 Å². The van der Waals surface area contributed by atoms with E-state index in [-0.39, 0.29) is 6.04 Å². The van der Waals surface area contributed by atoms with Crippen LogP contribution in [0.3, 0.4) is 0 Å². The summed E-state index contributed by atoms with van der Waals surface area (Å²) >= 11 is 6.09. The summed E-state index contributed by atoms with van der Waals surface area (Å²) in [5, 5.41) is 0.782. The van der Waals surface area contributed by atoms with Gasteiger partial charge in [0.15, 0.2) is 0 Å². The molecule has 92 valence electrons. The molecule has 0 bridgehead atoms. The Kier molecular flexibility index (Phi) is 4.25. The molecule has 0 fully saturated rings. The maximum absolute atomic E-state index is 6.35. The van der Waals surface area contributed by atoms with Gasteiger partial charge in [0.1, 0.15) is 0 Å². The van der Waals surface area contributed by atoms with Gasteiger partial charge in [-0.05, 0) is 55.9 Å². The molecule has 0 saturated heterocycles. The average molecular weight is 250 g/mol. The second-order valence-electron chi connectivity index (χ2n) is 4.92. The summed E-state index contributed by atoms with van der Waals surface area (Å²) in [5.74, 6) is 0. The van der Waals surface area contributed by atoms with Gasteiger partial charge in [0.2, 0.25) is 0 Å². The summed E-state index contributed by atoms with van der Waals surface area (Å²) in [5.41, 5.74) is 10.0. The molecule has 2 N–H and O–H groups in total. The maximum atomic E-state index is 6.35. The van der Waals surface area contributed by atoms with E-state index in [1.54, 1.807) is 0 Å². The SMILES string of the molecule is Cc1cc(Cl)cc(C(N)C2=CCCCCC2)c1. The monoisotopic (exact) mass is 249 g/mol. The fourth-order valence-electron chi connectivity index (χ4n) is 2.48. The lowest BCUT2D eigenvalue weighted by atomic mass is 9.95. The summed E-state index contributed by atoms with van der Waals surface area (Å²) in [4.78, 5) is 0. The van der Waals surface area contributed by atoms with E-state index in [1.807, 2.05) is 12.1 Å². The largest absolute Gasteiger partial charge is 0.321 e. The molecule has 0 aliphatic heterocycles. The van der Waals surface area contributed by atoms with Crippen LogP contribution in [0.25, 0.3) is 0 Å². The Hall–Kier alpha value is -0.790. The van der Waals surface area contributed by atoms with Crippen LogP contribution in [0.1, 0.15) is 49.3 Å². The molecule has 1 unspecified atom stereocenters. The van der Waals surface area contributed by atoms with Gasteiger partial charge in [-0.25, -0.2) is 0 Å². The third kappa shape index (κ3) is 3.34. The van der Waals surface area contributed by atoms with E-state index in [0.29, 0.717) is 0 Å². The Morgan fingerprint density at radius 3 is 2.76 bits per heavy atom. The van der Waals surface area contributed by atoms with E-state index < -0.39 is 0 Å². The van der Waals surface area contributed by atoms with E-state index >= 15 is 0 Å². The Morgan fingerprint density at radius 2 is 2.00 bits per heavy atom. The average Bonchev–Trinajstić information content (AvgIpc) is 2.55. The van der Waals surface area contributed by atoms with Crippen molar-refractivity contribution in [3.63, 3.8) is 0 Å². The van der Waals surface area contributed by atoms with Crippen LogP contribution in [0.15, 0.2) is 29.8 Å². The number of aryl methyl sites for hydroxylation is 1. The van der Waals surface area contributed by atoms with Crippen molar-refractivity contribution in [3.8, 4) is 0 Å². The van der Waals surface area contributed by atoms with Crippen molar-refractivity contribution in [2.45, 2.75) is 45.1 Å². The van der Waals surface area contributed by atoms with Crippen LogP contribution in [-0.2, 0) is 0 Å². The van der Waals surface area contributed by atoms with E-state index in [9.17, 15) is 0 Å². The number of allylic oxidation sites excluding steroid dienone is 1. The van der Waals surface area contributed by atoms with Crippen molar-refractivity contribution >= 4 is 11.6 Å². The van der Waals surface area contributed by atoms with Crippen LogP contribution >= 0.6 is 11.6 Å². The molecule has 2 rings (SSSR count). The summed E-state index contributed by atoms with van der Waals surface area (Å²) in [6, 6.07) is 6.12. The topological polar surface area (TPSA) is 26.0 Å². The van der Waals surface area contributed by atoms with Crippen LogP contribution in [-0.4, -0.2) is 0 Å². The number of hydrogen-bond acceptors (Lipinski definition) is 1. The molecular formula is C15H20ClN. The molecule has 1 aromatic carbocycles. The molecule has 1 aliphatic rings. The first-order valence-corrected chi connectivity index (χ1v) is 6.76. The van der Waals surface area contributed by atoms with Gasteiger partial charge in [0, 0.05) is 5.02 Å². The lowest BCUT2D eigenvalue weighted by Gasteiger charge is -2.16. The van der Waals surface area contributed by atoms with Crippen molar-refractivity contribution in [1.82, 2.24) is 0 Å². The molecule has 0 radical (unpaired) electrons. The Balaban J connectivity index is 2.23. The zero-order valence-corrected chi connectivity index (χ0v) is 11.1. The minimum atomic E-state index is 0.0190. The Labute approximate surface area is 109 Å². The van der Waals surface area contributed by atoms with E-state index in [0.717, 1.165) is 17.0 Å². The number of nitrogens with two attached hydrogens (primary N) is 1. The minimum Gasteiger partial charge on any atom is -0.321 e. The number of hydrogen-bond donors (Lipinski definition) is 1. The maximum Gasteiger partial charge on any atom is 0.0511 e. The lowest BCUT2D eigenvalue weighted by Crippen LogP contribution is -2.13. The zero-order chi connectivity index (χ0) is 12.3. The molecule has 0 aromatic heterocycles. The number of benzene rings is 1. The molecule has 0 heterocycles. The lowest BCUT2D eigenvalue weighted by molar-refractivity contribution is 0.688. The van der Waals surface area contributed by atoms with Gasteiger partial charge in [-0.3, -0.25) is 0 Å². The number of halogens is 1. The molecule has 1 nitrogen and oxygen atoms in total. The van der Waals surface area contributed by atoms with Gasteiger partial charge in [0.25, 0.3) is 0 Å². The second-order valence-corrected chi connectivity index (χ2v) is 5.35. The van der Waals surface area contributed by atoms with Gasteiger partial charge in [-0.2, -0.15) is 0 Å². The third-order valence-electron chi connectivity index (χ3n) is 3.40. The molecule has 0 spiro atoms. The first kappa shape index (κ1) is 12.7. The molecule has 0 saturated carbocycles. The van der Waals surface area contributed by atoms with Crippen LogP contribution in [0.2, 0.25) is 5.02 Å². The highest BCUT2D eigenvalue weighted by Crippen LogP contribution is 2.29. The molecule has 0 amide bonds. The van der Waals surface area contributed by atoms with E-state index in [4.69, 9.17) is 17.3 Å². The Bertz CT molecular complexity index is 403.